The Hall–Kier alpha value is -0.780. The van der Waals surface area contributed by atoms with Crippen LogP contribution < -0.4 is 0 Å². The maximum absolute atomic E-state index is 2.73. The minimum absolute atomic E-state index is 0.484. The molecule has 0 heterocycles. The van der Waals surface area contributed by atoms with Crippen molar-refractivity contribution < 1.29 is 0 Å². The largest absolute Gasteiger partial charge is 0.0845 e. The Labute approximate surface area is 181 Å². The minimum Gasteiger partial charge on any atom is -0.0845 e. The highest BCUT2D eigenvalue weighted by Crippen LogP contribution is 2.68. The summed E-state index contributed by atoms with van der Waals surface area (Å²) in [5, 5.41) is 0. The predicted molar refractivity (Wildman–Crippen MR) is 127 cm³/mol. The Morgan fingerprint density at radius 2 is 1.62 bits per heavy atom. The van der Waals surface area contributed by atoms with E-state index in [4.69, 9.17) is 0 Å². The molecule has 0 aromatic carbocycles. The van der Waals surface area contributed by atoms with Crippen LogP contribution in [0.25, 0.3) is 0 Å². The lowest BCUT2D eigenvalue weighted by Gasteiger charge is -2.61. The van der Waals surface area contributed by atoms with Crippen LogP contribution in [-0.2, 0) is 0 Å². The van der Waals surface area contributed by atoms with E-state index in [9.17, 15) is 0 Å². The van der Waals surface area contributed by atoms with Crippen molar-refractivity contribution in [3.63, 3.8) is 0 Å². The van der Waals surface area contributed by atoms with Gasteiger partial charge in [-0.15, -0.1) is 0 Å². The van der Waals surface area contributed by atoms with E-state index in [1.165, 1.54) is 50.5 Å². The Morgan fingerprint density at radius 3 is 2.34 bits per heavy atom. The van der Waals surface area contributed by atoms with Gasteiger partial charge in [0.25, 0.3) is 0 Å². The molecule has 0 aliphatic heterocycles. The lowest BCUT2D eigenvalue weighted by atomic mass is 9.43. The van der Waals surface area contributed by atoms with Crippen LogP contribution in [0.1, 0.15) is 93.4 Å². The van der Waals surface area contributed by atoms with Gasteiger partial charge in [0.15, 0.2) is 0 Å². The van der Waals surface area contributed by atoms with Gasteiger partial charge in [-0.3, -0.25) is 0 Å². The molecule has 8 atom stereocenters. The van der Waals surface area contributed by atoms with Gasteiger partial charge in [-0.1, -0.05) is 77.0 Å². The molecule has 162 valence electrons. The highest BCUT2D eigenvalue weighted by Gasteiger charge is 2.60. The number of rotatable bonds is 3. The third-order valence-corrected chi connectivity index (χ3v) is 10.3. The van der Waals surface area contributed by atoms with Crippen molar-refractivity contribution in [3.8, 4) is 0 Å². The average molecular weight is 395 g/mol. The van der Waals surface area contributed by atoms with Crippen LogP contribution in [-0.4, -0.2) is 0 Å². The topological polar surface area (TPSA) is 0 Å². The Morgan fingerprint density at radius 1 is 0.897 bits per heavy atom. The van der Waals surface area contributed by atoms with E-state index in [2.05, 4.69) is 78.8 Å². The van der Waals surface area contributed by atoms with Crippen molar-refractivity contribution in [3.05, 3.63) is 36.0 Å². The summed E-state index contributed by atoms with van der Waals surface area (Å²) < 4.78 is 0. The van der Waals surface area contributed by atoms with Crippen molar-refractivity contribution in [2.24, 2.45) is 51.8 Å². The third kappa shape index (κ3) is 3.41. The highest BCUT2D eigenvalue weighted by molar-refractivity contribution is 5.20. The second kappa shape index (κ2) is 7.42. The quantitative estimate of drug-likeness (QED) is 0.332. The molecular formula is C29H46. The second-order valence-electron chi connectivity index (χ2n) is 12.7. The SMILES string of the molecule is CC(C)=C/C=C/C(C)C1CCC2C3C=CC4C(C)(C)CCCC4(C)C3CCC12C. The Bertz CT molecular complexity index is 702. The molecule has 0 amide bonds. The van der Waals surface area contributed by atoms with E-state index >= 15 is 0 Å². The molecule has 0 heteroatoms. The molecule has 3 fully saturated rings. The summed E-state index contributed by atoms with van der Waals surface area (Å²) in [4.78, 5) is 0. The van der Waals surface area contributed by atoms with Crippen LogP contribution in [0.2, 0.25) is 0 Å². The normalized spacial score (nSPS) is 46.7. The molecule has 4 aliphatic carbocycles. The minimum atomic E-state index is 0.484. The van der Waals surface area contributed by atoms with Crippen molar-refractivity contribution in [2.75, 3.05) is 0 Å². The molecule has 8 unspecified atom stereocenters. The van der Waals surface area contributed by atoms with Gasteiger partial charge < -0.3 is 0 Å². The van der Waals surface area contributed by atoms with Crippen LogP contribution in [0.4, 0.5) is 0 Å². The summed E-state index contributed by atoms with van der Waals surface area (Å²) in [6.07, 6.45) is 22.7. The standard InChI is InChI=1S/C29H46/c1-20(2)10-8-11-21(3)23-13-14-24-22-12-15-26-27(4,5)17-9-18-29(26,7)25(22)16-19-28(23,24)6/h8,10-12,15,21-26H,9,13-14,16-19H2,1-7H3/b11-8+. The molecule has 0 aromatic heterocycles. The smallest absolute Gasteiger partial charge is 0.0125 e. The van der Waals surface area contributed by atoms with Crippen LogP contribution in [0, 0.1) is 51.8 Å². The zero-order valence-electron chi connectivity index (χ0n) is 20.3. The van der Waals surface area contributed by atoms with Gasteiger partial charge in [-0.05, 0) is 104 Å². The van der Waals surface area contributed by atoms with Crippen molar-refractivity contribution >= 4 is 0 Å². The first-order valence-corrected chi connectivity index (χ1v) is 12.6. The van der Waals surface area contributed by atoms with Gasteiger partial charge in [-0.25, -0.2) is 0 Å². The molecule has 0 saturated heterocycles. The first-order valence-electron chi connectivity index (χ1n) is 12.6. The molecule has 0 radical (unpaired) electrons. The fraction of sp³-hybridized carbons (Fsp3) is 0.793. The first kappa shape index (κ1) is 21.5. The zero-order chi connectivity index (χ0) is 21.0. The molecular weight excluding hydrogens is 348 g/mol. The molecule has 29 heavy (non-hydrogen) atoms. The van der Waals surface area contributed by atoms with Gasteiger partial charge in [-0.2, -0.15) is 0 Å². The number of hydrogen-bond acceptors (Lipinski definition) is 0. The molecule has 0 bridgehead atoms. The number of hydrogen-bond donors (Lipinski definition) is 0. The van der Waals surface area contributed by atoms with E-state index in [0.29, 0.717) is 22.2 Å². The zero-order valence-corrected chi connectivity index (χ0v) is 20.3. The lowest BCUT2D eigenvalue weighted by molar-refractivity contribution is -0.0927. The maximum Gasteiger partial charge on any atom is -0.0125 e. The van der Waals surface area contributed by atoms with Crippen LogP contribution >= 0.6 is 0 Å². The predicted octanol–water partition coefficient (Wildman–Crippen LogP) is 8.61. The molecule has 4 aliphatic rings. The van der Waals surface area contributed by atoms with Crippen LogP contribution in [0.3, 0.4) is 0 Å². The lowest BCUT2D eigenvalue weighted by Crippen LogP contribution is -2.54. The first-order chi connectivity index (χ1) is 13.6. The number of allylic oxidation sites excluding steroid dienone is 6. The summed E-state index contributed by atoms with van der Waals surface area (Å²) in [6.45, 7) is 17.3. The second-order valence-corrected chi connectivity index (χ2v) is 12.7. The van der Waals surface area contributed by atoms with Crippen molar-refractivity contribution in [1.29, 1.82) is 0 Å². The Balaban J connectivity index is 1.59. The van der Waals surface area contributed by atoms with Crippen LogP contribution in [0.15, 0.2) is 36.0 Å². The van der Waals surface area contributed by atoms with E-state index in [1.807, 2.05) is 0 Å². The van der Waals surface area contributed by atoms with Gasteiger partial charge >= 0.3 is 0 Å². The third-order valence-electron chi connectivity index (χ3n) is 10.3. The monoisotopic (exact) mass is 394 g/mol. The summed E-state index contributed by atoms with van der Waals surface area (Å²) in [5.74, 6) is 5.01. The molecule has 0 nitrogen and oxygen atoms in total. The fourth-order valence-corrected chi connectivity index (χ4v) is 8.96. The van der Waals surface area contributed by atoms with Crippen LogP contribution in [0.5, 0.6) is 0 Å². The van der Waals surface area contributed by atoms with Gasteiger partial charge in [0.2, 0.25) is 0 Å². The highest BCUT2D eigenvalue weighted by atomic mass is 14.6. The molecule has 0 N–H and O–H groups in total. The summed E-state index contributed by atoms with van der Waals surface area (Å²) >= 11 is 0. The molecule has 4 rings (SSSR count). The van der Waals surface area contributed by atoms with Gasteiger partial charge in [0.1, 0.15) is 0 Å². The van der Waals surface area contributed by atoms with Gasteiger partial charge in [0.05, 0.1) is 0 Å². The fourth-order valence-electron chi connectivity index (χ4n) is 8.96. The molecule has 0 spiro atoms. The maximum atomic E-state index is 2.73. The molecule has 3 saturated carbocycles. The van der Waals surface area contributed by atoms with Gasteiger partial charge in [0, 0.05) is 0 Å². The van der Waals surface area contributed by atoms with E-state index in [1.54, 1.807) is 0 Å². The van der Waals surface area contributed by atoms with Crippen molar-refractivity contribution in [1.82, 2.24) is 0 Å². The summed E-state index contributed by atoms with van der Waals surface area (Å²) in [7, 11) is 0. The molecule has 0 aromatic rings. The average Bonchev–Trinajstić information content (AvgIpc) is 2.98. The van der Waals surface area contributed by atoms with Crippen molar-refractivity contribution in [2.45, 2.75) is 93.4 Å². The summed E-state index contributed by atoms with van der Waals surface area (Å²) in [6, 6.07) is 0. The summed E-state index contributed by atoms with van der Waals surface area (Å²) in [5.41, 5.74) is 2.95. The Kier molecular flexibility index (Phi) is 5.49. The number of fused-ring (bicyclic) bond motifs is 5. The van der Waals surface area contributed by atoms with E-state index in [0.717, 1.165) is 29.6 Å². The van der Waals surface area contributed by atoms with E-state index in [-0.39, 0.29) is 0 Å². The van der Waals surface area contributed by atoms with E-state index < -0.39 is 0 Å².